The lowest BCUT2D eigenvalue weighted by Gasteiger charge is -2.19. The molecule has 0 aliphatic rings. The molecule has 0 aliphatic heterocycles. The van der Waals surface area contributed by atoms with Gasteiger partial charge in [-0.25, -0.2) is 0 Å². The number of aryl methyl sites for hydroxylation is 2. The van der Waals surface area contributed by atoms with Gasteiger partial charge in [-0.3, -0.25) is 9.78 Å². The van der Waals surface area contributed by atoms with Gasteiger partial charge < -0.3 is 10.4 Å². The maximum absolute atomic E-state index is 12.7. The summed E-state index contributed by atoms with van der Waals surface area (Å²) in [6.07, 6.45) is 2.45. The Hall–Kier alpha value is -1.94. The minimum Gasteiger partial charge on any atom is -0.390 e. The number of pyridine rings is 1. The van der Waals surface area contributed by atoms with Crippen molar-refractivity contribution in [2.75, 3.05) is 0 Å². The van der Waals surface area contributed by atoms with Crippen LogP contribution in [0.25, 0.3) is 10.9 Å². The number of hydrogen-bond donors (Lipinski definition) is 2. The maximum atomic E-state index is 12.7. The van der Waals surface area contributed by atoms with Crippen molar-refractivity contribution < 1.29 is 9.90 Å². The van der Waals surface area contributed by atoms with Crippen LogP contribution in [0.2, 0.25) is 0 Å². The van der Waals surface area contributed by atoms with Crippen molar-refractivity contribution in [1.29, 1.82) is 0 Å². The standard InChI is InChI=1S/C20H28N2O2/c1-13-8-6-10-16-17(12-15(3)21-18(13)16)19(23)22-14(2)9-7-11-20(4,5)24/h6,8,10,12,14,24H,7,9,11H2,1-5H3,(H,22,23)/t14-/m0/s1. The summed E-state index contributed by atoms with van der Waals surface area (Å²) in [6.45, 7) is 9.55. The summed E-state index contributed by atoms with van der Waals surface area (Å²) in [6, 6.07) is 7.82. The fourth-order valence-electron chi connectivity index (χ4n) is 2.92. The lowest BCUT2D eigenvalue weighted by Crippen LogP contribution is -2.33. The fourth-order valence-corrected chi connectivity index (χ4v) is 2.92. The molecule has 0 unspecified atom stereocenters. The van der Waals surface area contributed by atoms with Gasteiger partial charge in [-0.2, -0.15) is 0 Å². The van der Waals surface area contributed by atoms with Crippen LogP contribution in [0.5, 0.6) is 0 Å². The highest BCUT2D eigenvalue weighted by molar-refractivity contribution is 6.06. The summed E-state index contributed by atoms with van der Waals surface area (Å²) in [5.74, 6) is -0.0631. The molecule has 0 radical (unpaired) electrons. The number of amides is 1. The van der Waals surface area contributed by atoms with E-state index >= 15 is 0 Å². The van der Waals surface area contributed by atoms with Crippen LogP contribution >= 0.6 is 0 Å². The monoisotopic (exact) mass is 328 g/mol. The molecule has 1 aromatic carbocycles. The maximum Gasteiger partial charge on any atom is 0.252 e. The van der Waals surface area contributed by atoms with E-state index in [9.17, 15) is 9.90 Å². The number of nitrogens with zero attached hydrogens (tertiary/aromatic N) is 1. The van der Waals surface area contributed by atoms with E-state index in [-0.39, 0.29) is 11.9 Å². The predicted octanol–water partition coefficient (Wildman–Crippen LogP) is 3.91. The molecule has 1 heterocycles. The van der Waals surface area contributed by atoms with Gasteiger partial charge in [0.1, 0.15) is 0 Å². The molecule has 0 aliphatic carbocycles. The van der Waals surface area contributed by atoms with Crippen LogP contribution in [0.1, 0.15) is 61.6 Å². The Morgan fingerprint density at radius 3 is 2.71 bits per heavy atom. The Labute approximate surface area is 144 Å². The van der Waals surface area contributed by atoms with E-state index in [2.05, 4.69) is 10.3 Å². The van der Waals surface area contributed by atoms with Crippen LogP contribution in [-0.4, -0.2) is 27.6 Å². The van der Waals surface area contributed by atoms with Gasteiger partial charge in [-0.05, 0) is 65.5 Å². The van der Waals surface area contributed by atoms with E-state index in [1.807, 2.05) is 58.9 Å². The van der Waals surface area contributed by atoms with E-state index < -0.39 is 5.60 Å². The van der Waals surface area contributed by atoms with Gasteiger partial charge in [0.25, 0.3) is 5.91 Å². The van der Waals surface area contributed by atoms with Crippen molar-refractivity contribution in [3.8, 4) is 0 Å². The van der Waals surface area contributed by atoms with Crippen molar-refractivity contribution in [3.05, 3.63) is 41.1 Å². The minimum absolute atomic E-state index is 0.0631. The summed E-state index contributed by atoms with van der Waals surface area (Å²) in [5, 5.41) is 13.7. The van der Waals surface area contributed by atoms with Crippen molar-refractivity contribution >= 4 is 16.8 Å². The van der Waals surface area contributed by atoms with Gasteiger partial charge in [0.2, 0.25) is 0 Å². The van der Waals surface area contributed by atoms with E-state index in [4.69, 9.17) is 0 Å². The fraction of sp³-hybridized carbons (Fsp3) is 0.500. The van der Waals surface area contributed by atoms with Crippen LogP contribution in [-0.2, 0) is 0 Å². The predicted molar refractivity (Wildman–Crippen MR) is 98.3 cm³/mol. The average Bonchev–Trinajstić information content (AvgIpc) is 2.46. The van der Waals surface area contributed by atoms with Gasteiger partial charge in [0.05, 0.1) is 16.7 Å². The highest BCUT2D eigenvalue weighted by atomic mass is 16.3. The molecule has 2 N–H and O–H groups in total. The minimum atomic E-state index is -0.653. The van der Waals surface area contributed by atoms with Gasteiger partial charge in [0, 0.05) is 17.1 Å². The van der Waals surface area contributed by atoms with Crippen LogP contribution < -0.4 is 5.32 Å². The highest BCUT2D eigenvalue weighted by Gasteiger charge is 2.16. The number of benzene rings is 1. The van der Waals surface area contributed by atoms with Crippen LogP contribution in [0.15, 0.2) is 24.3 Å². The number of nitrogens with one attached hydrogen (secondary N) is 1. The molecule has 1 atom stereocenters. The molecule has 2 aromatic rings. The van der Waals surface area contributed by atoms with Crippen molar-refractivity contribution in [2.45, 2.75) is 65.5 Å². The number of hydrogen-bond acceptors (Lipinski definition) is 3. The van der Waals surface area contributed by atoms with Gasteiger partial charge in [-0.1, -0.05) is 18.2 Å². The Bertz CT molecular complexity index is 732. The average molecular weight is 328 g/mol. The number of fused-ring (bicyclic) bond motifs is 1. The third-order valence-corrected chi connectivity index (χ3v) is 4.22. The van der Waals surface area contributed by atoms with Crippen LogP contribution in [0, 0.1) is 13.8 Å². The number of para-hydroxylation sites is 1. The summed E-state index contributed by atoms with van der Waals surface area (Å²) in [4.78, 5) is 17.3. The molecule has 0 fully saturated rings. The highest BCUT2D eigenvalue weighted by Crippen LogP contribution is 2.22. The quantitative estimate of drug-likeness (QED) is 0.845. The Morgan fingerprint density at radius 1 is 1.33 bits per heavy atom. The Kier molecular flexibility index (Phi) is 5.60. The number of carbonyl (C=O) groups is 1. The third kappa shape index (κ3) is 4.78. The molecule has 4 nitrogen and oxygen atoms in total. The van der Waals surface area contributed by atoms with Gasteiger partial charge >= 0.3 is 0 Å². The SMILES string of the molecule is Cc1cc(C(=O)N[C@@H](C)CCCC(C)(C)O)c2cccc(C)c2n1. The smallest absolute Gasteiger partial charge is 0.252 e. The lowest BCUT2D eigenvalue weighted by molar-refractivity contribution is 0.0674. The number of carbonyl (C=O) groups excluding carboxylic acids is 1. The summed E-state index contributed by atoms with van der Waals surface area (Å²) >= 11 is 0. The summed E-state index contributed by atoms with van der Waals surface area (Å²) in [5.41, 5.74) is 2.83. The van der Waals surface area contributed by atoms with Crippen LogP contribution in [0.3, 0.4) is 0 Å². The zero-order valence-electron chi connectivity index (χ0n) is 15.3. The molecule has 0 bridgehead atoms. The summed E-state index contributed by atoms with van der Waals surface area (Å²) < 4.78 is 0. The van der Waals surface area contributed by atoms with E-state index in [0.717, 1.165) is 41.4 Å². The van der Waals surface area contributed by atoms with Crippen LogP contribution in [0.4, 0.5) is 0 Å². The second-order valence-electron chi connectivity index (χ2n) is 7.36. The molecule has 130 valence electrons. The molecule has 0 saturated heterocycles. The normalized spacial score (nSPS) is 13.1. The van der Waals surface area contributed by atoms with E-state index in [1.54, 1.807) is 0 Å². The molecular weight excluding hydrogens is 300 g/mol. The van der Waals surface area contributed by atoms with E-state index in [0.29, 0.717) is 5.56 Å². The molecule has 24 heavy (non-hydrogen) atoms. The van der Waals surface area contributed by atoms with Crippen molar-refractivity contribution in [2.24, 2.45) is 0 Å². The molecule has 2 rings (SSSR count). The first-order chi connectivity index (χ1) is 11.2. The second kappa shape index (κ2) is 7.31. The number of aliphatic hydroxyl groups is 1. The molecule has 1 aromatic heterocycles. The van der Waals surface area contributed by atoms with Gasteiger partial charge in [0.15, 0.2) is 0 Å². The molecule has 4 heteroatoms. The first kappa shape index (κ1) is 18.4. The first-order valence-corrected chi connectivity index (χ1v) is 8.57. The molecule has 1 amide bonds. The number of aromatic nitrogens is 1. The Balaban J connectivity index is 2.13. The summed E-state index contributed by atoms with van der Waals surface area (Å²) in [7, 11) is 0. The Morgan fingerprint density at radius 2 is 2.04 bits per heavy atom. The van der Waals surface area contributed by atoms with E-state index in [1.165, 1.54) is 0 Å². The second-order valence-corrected chi connectivity index (χ2v) is 7.36. The first-order valence-electron chi connectivity index (χ1n) is 8.57. The largest absolute Gasteiger partial charge is 0.390 e. The molecule has 0 spiro atoms. The zero-order chi connectivity index (χ0) is 17.9. The number of rotatable bonds is 6. The lowest BCUT2D eigenvalue weighted by atomic mass is 9.99. The van der Waals surface area contributed by atoms with Gasteiger partial charge in [-0.15, -0.1) is 0 Å². The zero-order valence-corrected chi connectivity index (χ0v) is 15.3. The van der Waals surface area contributed by atoms with Crippen molar-refractivity contribution in [3.63, 3.8) is 0 Å². The topological polar surface area (TPSA) is 62.2 Å². The third-order valence-electron chi connectivity index (χ3n) is 4.22. The van der Waals surface area contributed by atoms with Crippen molar-refractivity contribution in [1.82, 2.24) is 10.3 Å². The molecular formula is C20H28N2O2. The molecule has 0 saturated carbocycles.